The molecule has 1 unspecified atom stereocenters. The fourth-order valence-corrected chi connectivity index (χ4v) is 2.92. The summed E-state index contributed by atoms with van der Waals surface area (Å²) < 4.78 is 5.31. The van der Waals surface area contributed by atoms with E-state index >= 15 is 0 Å². The van der Waals surface area contributed by atoms with E-state index in [1.54, 1.807) is 24.5 Å². The van der Waals surface area contributed by atoms with Crippen LogP contribution in [0.3, 0.4) is 0 Å². The average Bonchev–Trinajstić information content (AvgIpc) is 3.21. The van der Waals surface area contributed by atoms with E-state index in [1.807, 2.05) is 13.8 Å². The number of carbonyl (C=O) groups excluding carboxylic acids is 1. The molecule has 0 aliphatic carbocycles. The lowest BCUT2D eigenvalue weighted by atomic mass is 10.0. The van der Waals surface area contributed by atoms with E-state index in [9.17, 15) is 25.0 Å². The molecule has 1 atom stereocenters. The number of amides is 1. The van der Waals surface area contributed by atoms with Crippen LogP contribution in [0.1, 0.15) is 41.7 Å². The van der Waals surface area contributed by atoms with Crippen LogP contribution in [0.15, 0.2) is 41.2 Å². The number of hydrogen-bond donors (Lipinski definition) is 1. The first-order valence-electron chi connectivity index (χ1n) is 9.17. The molecule has 160 valence electrons. The summed E-state index contributed by atoms with van der Waals surface area (Å²) in [4.78, 5) is 42.1. The van der Waals surface area contributed by atoms with Gasteiger partial charge in [-0.25, -0.2) is 0 Å². The molecule has 3 rings (SSSR count). The van der Waals surface area contributed by atoms with Crippen molar-refractivity contribution in [1.29, 1.82) is 0 Å². The van der Waals surface area contributed by atoms with E-state index < -0.39 is 33.2 Å². The van der Waals surface area contributed by atoms with E-state index in [2.05, 4.69) is 20.4 Å². The van der Waals surface area contributed by atoms with Crippen molar-refractivity contribution in [2.45, 2.75) is 26.8 Å². The number of rotatable bonds is 7. The molecule has 0 radical (unpaired) electrons. The summed E-state index contributed by atoms with van der Waals surface area (Å²) in [5, 5.41) is 29.0. The Balaban J connectivity index is 1.94. The number of nitro benzene ring substituents is 2. The standard InChI is InChI=1S/C19H18N6O6/c1-10(2)16(19-22-17(23-31-19)12-5-4-6-20-9-12)21-18(26)14-7-13(24(27)28)8-15(11(14)3)25(29)30/h4-10,16H,1-3H3,(H,21,26). The third-order valence-corrected chi connectivity index (χ3v) is 4.60. The first-order chi connectivity index (χ1) is 14.7. The Morgan fingerprint density at radius 2 is 1.94 bits per heavy atom. The van der Waals surface area contributed by atoms with E-state index in [0.717, 1.165) is 12.1 Å². The molecule has 0 aliphatic rings. The summed E-state index contributed by atoms with van der Waals surface area (Å²) in [7, 11) is 0. The first-order valence-corrected chi connectivity index (χ1v) is 9.17. The smallest absolute Gasteiger partial charge is 0.279 e. The molecule has 0 saturated carbocycles. The lowest BCUT2D eigenvalue weighted by Crippen LogP contribution is -2.32. The van der Waals surface area contributed by atoms with Crippen LogP contribution >= 0.6 is 0 Å². The molecule has 0 fully saturated rings. The van der Waals surface area contributed by atoms with Crippen molar-refractivity contribution < 1.29 is 19.2 Å². The Hall–Kier alpha value is -4.22. The molecule has 0 bridgehead atoms. The van der Waals surface area contributed by atoms with Gasteiger partial charge < -0.3 is 9.84 Å². The molecule has 3 aromatic rings. The monoisotopic (exact) mass is 426 g/mol. The summed E-state index contributed by atoms with van der Waals surface area (Å²) in [5.41, 5.74) is -0.621. The van der Waals surface area contributed by atoms with Crippen LogP contribution in [0.2, 0.25) is 0 Å². The van der Waals surface area contributed by atoms with E-state index in [0.29, 0.717) is 5.56 Å². The quantitative estimate of drug-likeness (QED) is 0.440. The predicted octanol–water partition coefficient (Wildman–Crippen LogP) is 3.38. The van der Waals surface area contributed by atoms with Gasteiger partial charge in [0.05, 0.1) is 21.5 Å². The number of pyridine rings is 1. The number of nitrogens with one attached hydrogen (secondary N) is 1. The molecule has 1 N–H and O–H groups in total. The maximum absolute atomic E-state index is 12.9. The van der Waals surface area contributed by atoms with Crippen LogP contribution in [-0.4, -0.2) is 30.9 Å². The SMILES string of the molecule is Cc1c(C(=O)NC(c2nc(-c3cccnc3)no2)C(C)C)cc([N+](=O)[O-])cc1[N+](=O)[O-]. The van der Waals surface area contributed by atoms with E-state index in [-0.39, 0.29) is 28.8 Å². The van der Waals surface area contributed by atoms with Gasteiger partial charge in [0.25, 0.3) is 17.3 Å². The minimum Gasteiger partial charge on any atom is -0.340 e. The molecular weight excluding hydrogens is 408 g/mol. The molecule has 0 saturated heterocycles. The zero-order chi connectivity index (χ0) is 22.7. The second-order valence-corrected chi connectivity index (χ2v) is 7.04. The molecule has 12 nitrogen and oxygen atoms in total. The first kappa shape index (κ1) is 21.5. The Bertz CT molecular complexity index is 1140. The van der Waals surface area contributed by atoms with Crippen LogP contribution in [-0.2, 0) is 0 Å². The van der Waals surface area contributed by atoms with Gasteiger partial charge >= 0.3 is 0 Å². The summed E-state index contributed by atoms with van der Waals surface area (Å²) in [6, 6.07) is 4.55. The Kier molecular flexibility index (Phi) is 6.00. The highest BCUT2D eigenvalue weighted by molar-refractivity contribution is 5.97. The molecule has 31 heavy (non-hydrogen) atoms. The van der Waals surface area contributed by atoms with Crippen molar-refractivity contribution in [1.82, 2.24) is 20.4 Å². The number of nitro groups is 2. The van der Waals surface area contributed by atoms with Gasteiger partial charge in [-0.2, -0.15) is 4.98 Å². The largest absolute Gasteiger partial charge is 0.340 e. The van der Waals surface area contributed by atoms with Crippen LogP contribution in [0.4, 0.5) is 11.4 Å². The second-order valence-electron chi connectivity index (χ2n) is 7.04. The van der Waals surface area contributed by atoms with Crippen LogP contribution in [0.25, 0.3) is 11.4 Å². The number of nitrogens with zero attached hydrogens (tertiary/aromatic N) is 5. The summed E-state index contributed by atoms with van der Waals surface area (Å²) in [6.45, 7) is 4.97. The summed E-state index contributed by atoms with van der Waals surface area (Å²) >= 11 is 0. The zero-order valence-electron chi connectivity index (χ0n) is 16.8. The number of non-ortho nitro benzene ring substituents is 1. The molecule has 2 heterocycles. The van der Waals surface area contributed by atoms with Gasteiger partial charge in [-0.3, -0.25) is 30.0 Å². The van der Waals surface area contributed by atoms with E-state index in [1.165, 1.54) is 6.92 Å². The minimum absolute atomic E-state index is 0.0113. The van der Waals surface area contributed by atoms with Gasteiger partial charge in [0.2, 0.25) is 11.7 Å². The molecule has 0 aliphatic heterocycles. The van der Waals surface area contributed by atoms with E-state index in [4.69, 9.17) is 4.52 Å². The van der Waals surface area contributed by atoms with Gasteiger partial charge in [-0.1, -0.05) is 19.0 Å². The lowest BCUT2D eigenvalue weighted by molar-refractivity contribution is -0.394. The van der Waals surface area contributed by atoms with Gasteiger partial charge in [0.15, 0.2) is 0 Å². The maximum atomic E-state index is 12.9. The van der Waals surface area contributed by atoms with Gasteiger partial charge in [-0.15, -0.1) is 0 Å². The van der Waals surface area contributed by atoms with Crippen molar-refractivity contribution in [3.63, 3.8) is 0 Å². The normalized spacial score (nSPS) is 11.9. The van der Waals surface area contributed by atoms with Gasteiger partial charge in [0.1, 0.15) is 6.04 Å². The lowest BCUT2D eigenvalue weighted by Gasteiger charge is -2.19. The molecule has 0 spiro atoms. The number of carbonyl (C=O) groups is 1. The molecular formula is C19H18N6O6. The Morgan fingerprint density at radius 3 is 2.52 bits per heavy atom. The van der Waals surface area contributed by atoms with Crippen molar-refractivity contribution in [2.75, 3.05) is 0 Å². The van der Waals surface area contributed by atoms with Crippen LogP contribution in [0.5, 0.6) is 0 Å². The fourth-order valence-electron chi connectivity index (χ4n) is 2.92. The molecule has 2 aromatic heterocycles. The van der Waals surface area contributed by atoms with Crippen molar-refractivity contribution in [2.24, 2.45) is 5.92 Å². The second kappa shape index (κ2) is 8.65. The third kappa shape index (κ3) is 4.52. The summed E-state index contributed by atoms with van der Waals surface area (Å²) in [6.07, 6.45) is 3.16. The van der Waals surface area contributed by atoms with Crippen LogP contribution in [0, 0.1) is 33.1 Å². The topological polar surface area (TPSA) is 167 Å². The van der Waals surface area contributed by atoms with Gasteiger partial charge in [-0.05, 0) is 25.0 Å². The Labute approximate surface area is 175 Å². The number of hydrogen-bond acceptors (Lipinski definition) is 9. The van der Waals surface area contributed by atoms with Crippen molar-refractivity contribution in [3.8, 4) is 11.4 Å². The Morgan fingerprint density at radius 1 is 1.19 bits per heavy atom. The highest BCUT2D eigenvalue weighted by Gasteiger charge is 2.29. The molecule has 1 amide bonds. The highest BCUT2D eigenvalue weighted by Crippen LogP contribution is 2.29. The zero-order valence-corrected chi connectivity index (χ0v) is 16.8. The summed E-state index contributed by atoms with van der Waals surface area (Å²) in [5.74, 6) is -0.519. The van der Waals surface area contributed by atoms with Crippen molar-refractivity contribution >= 4 is 17.3 Å². The number of aromatic nitrogens is 3. The van der Waals surface area contributed by atoms with Gasteiger partial charge in [0, 0.05) is 29.6 Å². The third-order valence-electron chi connectivity index (χ3n) is 4.60. The maximum Gasteiger partial charge on any atom is 0.279 e. The number of benzene rings is 1. The predicted molar refractivity (Wildman–Crippen MR) is 107 cm³/mol. The highest BCUT2D eigenvalue weighted by atomic mass is 16.6. The molecule has 1 aromatic carbocycles. The minimum atomic E-state index is -0.790. The average molecular weight is 426 g/mol. The van der Waals surface area contributed by atoms with Crippen molar-refractivity contribution in [3.05, 3.63) is 73.9 Å². The fraction of sp³-hybridized carbons (Fsp3) is 0.263. The molecule has 12 heteroatoms. The van der Waals surface area contributed by atoms with Crippen LogP contribution < -0.4 is 5.32 Å².